The summed E-state index contributed by atoms with van der Waals surface area (Å²) in [5.41, 5.74) is 0.963. The van der Waals surface area contributed by atoms with Crippen LogP contribution in [-0.2, 0) is 4.79 Å². The highest BCUT2D eigenvalue weighted by molar-refractivity contribution is 7.81. The van der Waals surface area contributed by atoms with Crippen LogP contribution in [0.1, 0.15) is 46.0 Å². The molecule has 1 N–H and O–H groups in total. The molecule has 0 aromatic rings. The second-order valence-electron chi connectivity index (χ2n) is 3.44. The summed E-state index contributed by atoms with van der Waals surface area (Å²) in [7, 11) is 0. The van der Waals surface area contributed by atoms with Crippen LogP contribution in [0.5, 0.6) is 0 Å². The molecule has 82 valence electrons. The van der Waals surface area contributed by atoms with Crippen molar-refractivity contribution in [3.8, 4) is 0 Å². The van der Waals surface area contributed by atoms with Gasteiger partial charge in [-0.25, -0.2) is 0 Å². The van der Waals surface area contributed by atoms with E-state index in [0.717, 1.165) is 31.3 Å². The van der Waals surface area contributed by atoms with Crippen LogP contribution in [0.4, 0.5) is 0 Å². The SMILES string of the molecule is CCC/C=C(\CC(=O)O)C(S)CCC. The number of hydrogen-bond acceptors (Lipinski definition) is 2. The third-order valence-corrected chi connectivity index (χ3v) is 2.63. The molecule has 1 atom stereocenters. The molecule has 0 heterocycles. The van der Waals surface area contributed by atoms with Gasteiger partial charge in [0.25, 0.3) is 0 Å². The van der Waals surface area contributed by atoms with Crippen LogP contribution in [0.3, 0.4) is 0 Å². The van der Waals surface area contributed by atoms with Gasteiger partial charge in [0, 0.05) is 5.25 Å². The van der Waals surface area contributed by atoms with Gasteiger partial charge in [0.1, 0.15) is 0 Å². The molecule has 0 fully saturated rings. The first-order valence-corrected chi connectivity index (χ1v) is 5.72. The Bertz CT molecular complexity index is 199. The first-order chi connectivity index (χ1) is 6.61. The van der Waals surface area contributed by atoms with E-state index in [-0.39, 0.29) is 11.7 Å². The van der Waals surface area contributed by atoms with Crippen molar-refractivity contribution < 1.29 is 9.90 Å². The number of aliphatic carboxylic acids is 1. The van der Waals surface area contributed by atoms with Crippen molar-refractivity contribution in [2.24, 2.45) is 0 Å². The quantitative estimate of drug-likeness (QED) is 0.506. The highest BCUT2D eigenvalue weighted by atomic mass is 32.1. The van der Waals surface area contributed by atoms with Gasteiger partial charge in [-0.15, -0.1) is 0 Å². The summed E-state index contributed by atoms with van der Waals surface area (Å²) in [5, 5.41) is 8.84. The summed E-state index contributed by atoms with van der Waals surface area (Å²) >= 11 is 4.42. The third-order valence-electron chi connectivity index (χ3n) is 2.04. The van der Waals surface area contributed by atoms with Gasteiger partial charge in [0.05, 0.1) is 6.42 Å². The Morgan fingerprint density at radius 2 is 2.07 bits per heavy atom. The second-order valence-corrected chi connectivity index (χ2v) is 4.07. The molecule has 14 heavy (non-hydrogen) atoms. The highest BCUT2D eigenvalue weighted by Crippen LogP contribution is 2.19. The monoisotopic (exact) mass is 216 g/mol. The minimum Gasteiger partial charge on any atom is -0.481 e. The maximum Gasteiger partial charge on any atom is 0.307 e. The molecular formula is C11H20O2S. The van der Waals surface area contributed by atoms with E-state index in [4.69, 9.17) is 5.11 Å². The number of rotatable bonds is 7. The van der Waals surface area contributed by atoms with E-state index in [9.17, 15) is 4.79 Å². The molecule has 0 radical (unpaired) electrons. The van der Waals surface area contributed by atoms with Gasteiger partial charge >= 0.3 is 5.97 Å². The van der Waals surface area contributed by atoms with E-state index in [0.29, 0.717) is 0 Å². The van der Waals surface area contributed by atoms with E-state index in [2.05, 4.69) is 26.5 Å². The lowest BCUT2D eigenvalue weighted by molar-refractivity contribution is -0.136. The van der Waals surface area contributed by atoms with E-state index in [1.54, 1.807) is 0 Å². The fraction of sp³-hybridized carbons (Fsp3) is 0.727. The van der Waals surface area contributed by atoms with Crippen molar-refractivity contribution >= 4 is 18.6 Å². The summed E-state index contributed by atoms with van der Waals surface area (Å²) in [5.74, 6) is -0.762. The maximum absolute atomic E-state index is 10.6. The van der Waals surface area contributed by atoms with Crippen LogP contribution >= 0.6 is 12.6 Å². The van der Waals surface area contributed by atoms with Crippen molar-refractivity contribution in [1.29, 1.82) is 0 Å². The van der Waals surface area contributed by atoms with Crippen molar-refractivity contribution in [1.82, 2.24) is 0 Å². The van der Waals surface area contributed by atoms with Gasteiger partial charge in [-0.05, 0) is 12.8 Å². The van der Waals surface area contributed by atoms with Gasteiger partial charge in [0.15, 0.2) is 0 Å². The van der Waals surface area contributed by atoms with E-state index in [1.165, 1.54) is 0 Å². The first-order valence-electron chi connectivity index (χ1n) is 5.20. The Hall–Kier alpha value is -0.440. The Kier molecular flexibility index (Phi) is 7.67. The zero-order valence-corrected chi connectivity index (χ0v) is 9.89. The summed E-state index contributed by atoms with van der Waals surface area (Å²) < 4.78 is 0. The average molecular weight is 216 g/mol. The van der Waals surface area contributed by atoms with Crippen LogP contribution in [0.25, 0.3) is 0 Å². The smallest absolute Gasteiger partial charge is 0.307 e. The molecule has 0 rings (SSSR count). The number of carboxylic acid groups (broad SMARTS) is 1. The number of thiol groups is 1. The van der Waals surface area contributed by atoms with Crippen molar-refractivity contribution in [2.75, 3.05) is 0 Å². The zero-order chi connectivity index (χ0) is 11.0. The third kappa shape index (κ3) is 6.08. The number of hydrogen-bond donors (Lipinski definition) is 2. The number of unbranched alkanes of at least 4 members (excludes halogenated alkanes) is 1. The number of carbonyl (C=O) groups is 1. The second kappa shape index (κ2) is 7.92. The summed E-state index contributed by atoms with van der Waals surface area (Å²) in [6, 6.07) is 0. The van der Waals surface area contributed by atoms with Crippen molar-refractivity contribution in [2.45, 2.75) is 51.2 Å². The lowest BCUT2D eigenvalue weighted by atomic mass is 10.0. The Morgan fingerprint density at radius 3 is 2.50 bits per heavy atom. The number of carboxylic acids is 1. The molecule has 0 bridgehead atoms. The first kappa shape index (κ1) is 13.6. The molecule has 1 unspecified atom stereocenters. The van der Waals surface area contributed by atoms with Gasteiger partial charge in [-0.1, -0.05) is 38.3 Å². The van der Waals surface area contributed by atoms with Crippen LogP contribution < -0.4 is 0 Å². The largest absolute Gasteiger partial charge is 0.481 e. The Morgan fingerprint density at radius 1 is 1.43 bits per heavy atom. The molecule has 3 heteroatoms. The molecule has 0 spiro atoms. The predicted molar refractivity (Wildman–Crippen MR) is 62.9 cm³/mol. The molecular weight excluding hydrogens is 196 g/mol. The molecule has 0 aromatic heterocycles. The molecule has 0 saturated carbocycles. The molecule has 0 amide bonds. The lowest BCUT2D eigenvalue weighted by Gasteiger charge is -2.12. The van der Waals surface area contributed by atoms with Gasteiger partial charge < -0.3 is 5.11 Å². The minimum atomic E-state index is -0.762. The van der Waals surface area contributed by atoms with Gasteiger partial charge in [-0.3, -0.25) is 4.79 Å². The van der Waals surface area contributed by atoms with Crippen LogP contribution in [0.2, 0.25) is 0 Å². The molecule has 0 aliphatic carbocycles. The zero-order valence-electron chi connectivity index (χ0n) is 8.99. The van der Waals surface area contributed by atoms with Crippen molar-refractivity contribution in [3.05, 3.63) is 11.6 Å². The fourth-order valence-electron chi connectivity index (χ4n) is 1.29. The Balaban J connectivity index is 4.29. The lowest BCUT2D eigenvalue weighted by Crippen LogP contribution is -2.08. The molecule has 2 nitrogen and oxygen atoms in total. The molecule has 0 aromatic carbocycles. The van der Waals surface area contributed by atoms with Crippen LogP contribution in [0, 0.1) is 0 Å². The molecule has 0 aliphatic rings. The summed E-state index contributed by atoms with van der Waals surface area (Å²) in [4.78, 5) is 10.6. The van der Waals surface area contributed by atoms with Gasteiger partial charge in [0.2, 0.25) is 0 Å². The fourth-order valence-corrected chi connectivity index (χ4v) is 1.74. The van der Waals surface area contributed by atoms with E-state index < -0.39 is 5.97 Å². The Labute approximate surface area is 91.8 Å². The maximum atomic E-state index is 10.6. The molecule has 0 aliphatic heterocycles. The summed E-state index contributed by atoms with van der Waals surface area (Å²) in [6.45, 7) is 4.17. The molecule has 0 saturated heterocycles. The number of allylic oxidation sites excluding steroid dienone is 1. The standard InChI is InChI=1S/C11H20O2S/c1-3-5-7-9(8-11(12)13)10(14)6-4-2/h7,10,14H,3-6,8H2,1-2H3,(H,12,13)/b9-7+. The highest BCUT2D eigenvalue weighted by Gasteiger charge is 2.11. The van der Waals surface area contributed by atoms with Gasteiger partial charge in [-0.2, -0.15) is 12.6 Å². The van der Waals surface area contributed by atoms with E-state index >= 15 is 0 Å². The average Bonchev–Trinajstić information content (AvgIpc) is 2.12. The normalized spacial score (nSPS) is 14.1. The minimum absolute atomic E-state index is 0.114. The predicted octanol–water partition coefficient (Wildman–Crippen LogP) is 3.29. The van der Waals surface area contributed by atoms with E-state index in [1.807, 2.05) is 6.08 Å². The topological polar surface area (TPSA) is 37.3 Å². The van der Waals surface area contributed by atoms with Crippen molar-refractivity contribution in [3.63, 3.8) is 0 Å². The van der Waals surface area contributed by atoms with Crippen LogP contribution in [0.15, 0.2) is 11.6 Å². The van der Waals surface area contributed by atoms with Crippen LogP contribution in [-0.4, -0.2) is 16.3 Å². The summed E-state index contributed by atoms with van der Waals surface area (Å²) in [6.07, 6.45) is 6.15.